The number of furan rings is 1. The first kappa shape index (κ1) is 23.7. The van der Waals surface area contributed by atoms with Crippen LogP contribution in [0, 0.1) is 31.6 Å². The number of carbonyl (C=O) groups is 2. The van der Waals surface area contributed by atoms with Crippen molar-refractivity contribution in [1.29, 1.82) is 0 Å². The lowest BCUT2D eigenvalue weighted by molar-refractivity contribution is -0.120. The molecule has 0 aliphatic heterocycles. The zero-order chi connectivity index (χ0) is 24.5. The van der Waals surface area contributed by atoms with Gasteiger partial charge in [0.05, 0.1) is 11.1 Å². The maximum atomic E-state index is 12.9. The number of hydrogen-bond acceptors (Lipinski definition) is 6. The maximum absolute atomic E-state index is 12.9. The molecule has 33 heavy (non-hydrogen) atoms. The number of fused-ring (bicyclic) bond motifs is 1. The summed E-state index contributed by atoms with van der Waals surface area (Å²) in [5.74, 6) is 2.90. The molecule has 172 valence electrons. The highest BCUT2D eigenvalue weighted by Gasteiger charge is 2.30. The first-order chi connectivity index (χ1) is 15.4. The lowest BCUT2D eigenvalue weighted by Gasteiger charge is -2.31. The van der Waals surface area contributed by atoms with Crippen LogP contribution in [0.1, 0.15) is 44.7 Å². The van der Waals surface area contributed by atoms with E-state index in [0.29, 0.717) is 22.7 Å². The molecule has 9 nitrogen and oxygen atoms in total. The zero-order valence-electron chi connectivity index (χ0n) is 19.6. The number of rotatable bonds is 5. The maximum Gasteiger partial charge on any atom is 0.407 e. The third kappa shape index (κ3) is 5.12. The van der Waals surface area contributed by atoms with Crippen LogP contribution in [0.5, 0.6) is 0 Å². The minimum Gasteiger partial charge on any atom is -0.465 e. The average molecular weight is 450 g/mol. The molecule has 0 radical (unpaired) electrons. The first-order valence-electron chi connectivity index (χ1n) is 10.4. The normalized spacial score (nSPS) is 12.3. The molecule has 1 unspecified atom stereocenters. The predicted octanol–water partition coefficient (Wildman–Crippen LogP) is 4.24. The molecule has 0 spiro atoms. The van der Waals surface area contributed by atoms with Crippen LogP contribution in [-0.2, 0) is 4.79 Å². The average Bonchev–Trinajstić information content (AvgIpc) is 3.04. The van der Waals surface area contributed by atoms with Gasteiger partial charge in [-0.05, 0) is 38.3 Å². The van der Waals surface area contributed by atoms with Crippen LogP contribution < -0.4 is 5.32 Å². The summed E-state index contributed by atoms with van der Waals surface area (Å²) < 4.78 is 5.69. The molecule has 0 bridgehead atoms. The molecule has 0 aliphatic rings. The standard InChI is InChI=1S/C24H27N5O4/c1-8-17-9-16(20-19-13(2)15(4)33-22(19)26-12-25-20)10-18(27-17)28-21(30)14(3)29(23(31)32)11-24(5,6)7/h1,9-10,12,14H,11H2,2-7H3,(H,31,32)(H,27,28,30). The van der Waals surface area contributed by atoms with Gasteiger partial charge in [-0.25, -0.2) is 19.7 Å². The Balaban J connectivity index is 1.98. The second-order valence-corrected chi connectivity index (χ2v) is 9.09. The van der Waals surface area contributed by atoms with Gasteiger partial charge in [0.15, 0.2) is 0 Å². The monoisotopic (exact) mass is 449 g/mol. The molecule has 3 heterocycles. The van der Waals surface area contributed by atoms with Crippen LogP contribution in [0.2, 0.25) is 0 Å². The number of hydrogen-bond donors (Lipinski definition) is 2. The number of terminal acetylenes is 1. The van der Waals surface area contributed by atoms with E-state index in [0.717, 1.165) is 21.6 Å². The third-order valence-corrected chi connectivity index (χ3v) is 5.20. The van der Waals surface area contributed by atoms with Gasteiger partial charge in [0.25, 0.3) is 0 Å². The molecule has 0 aliphatic carbocycles. The number of amides is 2. The lowest BCUT2D eigenvalue weighted by Crippen LogP contribution is -2.48. The summed E-state index contributed by atoms with van der Waals surface area (Å²) in [5, 5.41) is 13.1. The van der Waals surface area contributed by atoms with Crippen LogP contribution in [0.4, 0.5) is 10.6 Å². The molecule has 3 rings (SSSR count). The Morgan fingerprint density at radius 2 is 1.97 bits per heavy atom. The van der Waals surface area contributed by atoms with Gasteiger partial charge >= 0.3 is 6.09 Å². The first-order valence-corrected chi connectivity index (χ1v) is 10.4. The molecular formula is C24H27N5O4. The number of anilines is 1. The number of nitrogens with zero attached hydrogens (tertiary/aromatic N) is 4. The minimum atomic E-state index is -1.17. The summed E-state index contributed by atoms with van der Waals surface area (Å²) in [4.78, 5) is 38.7. The highest BCUT2D eigenvalue weighted by atomic mass is 16.4. The fourth-order valence-electron chi connectivity index (χ4n) is 3.46. The molecule has 2 N–H and O–H groups in total. The molecule has 0 saturated heterocycles. The van der Waals surface area contributed by atoms with E-state index < -0.39 is 18.0 Å². The number of pyridine rings is 1. The smallest absolute Gasteiger partial charge is 0.407 e. The van der Waals surface area contributed by atoms with Crippen LogP contribution >= 0.6 is 0 Å². The molecular weight excluding hydrogens is 422 g/mol. The SMILES string of the molecule is C#Cc1cc(-c2ncnc3oc(C)c(C)c23)cc(NC(=O)C(C)N(CC(C)(C)C)C(=O)O)n1. The molecule has 0 aromatic carbocycles. The van der Waals surface area contributed by atoms with Gasteiger partial charge < -0.3 is 14.8 Å². The topological polar surface area (TPSA) is 121 Å². The van der Waals surface area contributed by atoms with Crippen molar-refractivity contribution in [3.05, 3.63) is 35.5 Å². The quantitative estimate of drug-likeness (QED) is 0.559. The molecule has 2 amide bonds. The molecule has 9 heteroatoms. The molecule has 1 atom stereocenters. The van der Waals surface area contributed by atoms with Gasteiger partial charge in [0.1, 0.15) is 29.6 Å². The van der Waals surface area contributed by atoms with Crippen molar-refractivity contribution >= 4 is 28.9 Å². The molecule has 0 fully saturated rings. The Hall–Kier alpha value is -3.93. The van der Waals surface area contributed by atoms with Crippen LogP contribution in [0.25, 0.3) is 22.4 Å². The summed E-state index contributed by atoms with van der Waals surface area (Å²) in [5.41, 5.74) is 2.55. The highest BCUT2D eigenvalue weighted by molar-refractivity contribution is 5.97. The minimum absolute atomic E-state index is 0.192. The molecule has 3 aromatic rings. The Morgan fingerprint density at radius 3 is 2.58 bits per heavy atom. The lowest BCUT2D eigenvalue weighted by atomic mass is 9.95. The van der Waals surface area contributed by atoms with E-state index in [1.165, 1.54) is 13.3 Å². The van der Waals surface area contributed by atoms with Gasteiger partial charge in [-0.15, -0.1) is 6.42 Å². The van der Waals surface area contributed by atoms with Crippen molar-refractivity contribution in [1.82, 2.24) is 19.9 Å². The van der Waals surface area contributed by atoms with Crippen LogP contribution in [-0.4, -0.2) is 49.5 Å². The number of nitrogens with one attached hydrogen (secondary N) is 1. The number of carbonyl (C=O) groups excluding carboxylic acids is 1. The summed E-state index contributed by atoms with van der Waals surface area (Å²) >= 11 is 0. The fraction of sp³-hybridized carbons (Fsp3) is 0.375. The fourth-order valence-corrected chi connectivity index (χ4v) is 3.46. The van der Waals surface area contributed by atoms with Crippen LogP contribution in [0.15, 0.2) is 22.9 Å². The van der Waals surface area contributed by atoms with E-state index in [4.69, 9.17) is 10.8 Å². The van der Waals surface area contributed by atoms with Crippen molar-refractivity contribution in [2.45, 2.75) is 47.6 Å². The van der Waals surface area contributed by atoms with E-state index in [1.807, 2.05) is 34.6 Å². The van der Waals surface area contributed by atoms with Crippen molar-refractivity contribution in [3.63, 3.8) is 0 Å². The van der Waals surface area contributed by atoms with Gasteiger partial charge in [-0.2, -0.15) is 0 Å². The molecule has 0 saturated carbocycles. The number of carboxylic acid groups (broad SMARTS) is 1. The van der Waals surface area contributed by atoms with Crippen molar-refractivity contribution in [3.8, 4) is 23.6 Å². The number of aromatic nitrogens is 3. The van der Waals surface area contributed by atoms with E-state index in [9.17, 15) is 14.7 Å². The van der Waals surface area contributed by atoms with Gasteiger partial charge in [-0.1, -0.05) is 26.7 Å². The predicted molar refractivity (Wildman–Crippen MR) is 125 cm³/mol. The Morgan fingerprint density at radius 1 is 1.27 bits per heavy atom. The number of aryl methyl sites for hydroxylation is 2. The van der Waals surface area contributed by atoms with E-state index in [2.05, 4.69) is 26.2 Å². The second-order valence-electron chi connectivity index (χ2n) is 9.09. The van der Waals surface area contributed by atoms with E-state index in [1.54, 1.807) is 12.1 Å². The van der Waals surface area contributed by atoms with Gasteiger partial charge in [-0.3, -0.25) is 9.69 Å². The summed E-state index contributed by atoms with van der Waals surface area (Å²) in [6.45, 7) is 11.2. The highest BCUT2D eigenvalue weighted by Crippen LogP contribution is 2.32. The van der Waals surface area contributed by atoms with Crippen molar-refractivity contribution < 1.29 is 19.1 Å². The van der Waals surface area contributed by atoms with E-state index in [-0.39, 0.29) is 17.8 Å². The Labute approximate surface area is 192 Å². The summed E-state index contributed by atoms with van der Waals surface area (Å²) in [7, 11) is 0. The van der Waals surface area contributed by atoms with E-state index >= 15 is 0 Å². The van der Waals surface area contributed by atoms with Crippen molar-refractivity contribution in [2.24, 2.45) is 5.41 Å². The summed E-state index contributed by atoms with van der Waals surface area (Å²) in [6, 6.07) is 2.39. The second kappa shape index (κ2) is 8.90. The third-order valence-electron chi connectivity index (χ3n) is 5.20. The van der Waals surface area contributed by atoms with Crippen LogP contribution in [0.3, 0.4) is 0 Å². The van der Waals surface area contributed by atoms with Gasteiger partial charge in [0, 0.05) is 17.7 Å². The zero-order valence-corrected chi connectivity index (χ0v) is 19.6. The summed E-state index contributed by atoms with van der Waals surface area (Å²) in [6.07, 6.45) is 5.82. The largest absolute Gasteiger partial charge is 0.465 e. The van der Waals surface area contributed by atoms with Gasteiger partial charge in [0.2, 0.25) is 11.6 Å². The van der Waals surface area contributed by atoms with Crippen molar-refractivity contribution in [2.75, 3.05) is 11.9 Å². The Bertz CT molecular complexity index is 1270. The molecule has 3 aromatic heterocycles. The Kier molecular flexibility index (Phi) is 6.40.